The largest absolute Gasteiger partial charge is 0.480 e. The van der Waals surface area contributed by atoms with Crippen LogP contribution in [-0.2, 0) is 11.3 Å². The number of rotatable bonds is 5. The molecule has 0 unspecified atom stereocenters. The van der Waals surface area contributed by atoms with E-state index in [9.17, 15) is 4.79 Å². The van der Waals surface area contributed by atoms with Gasteiger partial charge in [-0.25, -0.2) is 4.98 Å². The van der Waals surface area contributed by atoms with E-state index in [2.05, 4.69) is 22.4 Å². The van der Waals surface area contributed by atoms with Crippen LogP contribution >= 0.6 is 11.3 Å². The molecular weight excluding hydrogens is 260 g/mol. The fraction of sp³-hybridized carbons (Fsp3) is 0.286. The van der Waals surface area contributed by atoms with Crippen molar-refractivity contribution in [2.24, 2.45) is 0 Å². The Morgan fingerprint density at radius 2 is 2.11 bits per heavy atom. The number of carbonyl (C=O) groups is 1. The lowest BCUT2D eigenvalue weighted by molar-refractivity contribution is -0.139. The summed E-state index contributed by atoms with van der Waals surface area (Å²) in [4.78, 5) is 15.2. The van der Waals surface area contributed by atoms with Gasteiger partial charge in [0.25, 0.3) is 0 Å². The summed E-state index contributed by atoms with van der Waals surface area (Å²) in [7, 11) is 0. The monoisotopic (exact) mass is 276 g/mol. The van der Waals surface area contributed by atoms with Gasteiger partial charge < -0.3 is 5.11 Å². The van der Waals surface area contributed by atoms with Crippen LogP contribution in [0.4, 0.5) is 0 Å². The summed E-state index contributed by atoms with van der Waals surface area (Å²) in [5.41, 5.74) is 3.18. The number of aryl methyl sites for hydroxylation is 1. The molecule has 1 aromatic carbocycles. The Morgan fingerprint density at radius 3 is 2.74 bits per heavy atom. The molecule has 0 saturated carbocycles. The molecule has 5 heteroatoms. The van der Waals surface area contributed by atoms with Crippen LogP contribution in [0, 0.1) is 6.92 Å². The number of carboxylic acids is 1. The first-order valence-electron chi connectivity index (χ1n) is 6.04. The minimum atomic E-state index is -0.853. The summed E-state index contributed by atoms with van der Waals surface area (Å²) in [5.74, 6) is -0.853. The molecule has 0 aliphatic heterocycles. The van der Waals surface area contributed by atoms with Crippen LogP contribution in [0.15, 0.2) is 29.6 Å². The zero-order chi connectivity index (χ0) is 13.8. The smallest absolute Gasteiger partial charge is 0.320 e. The molecule has 100 valence electrons. The van der Waals surface area contributed by atoms with Gasteiger partial charge in [0.05, 0.1) is 5.69 Å². The summed E-state index contributed by atoms with van der Waals surface area (Å²) in [6.45, 7) is 4.14. The normalized spacial score (nSPS) is 12.3. The third-order valence-corrected chi connectivity index (χ3v) is 3.75. The third kappa shape index (κ3) is 3.62. The Labute approximate surface area is 116 Å². The molecule has 19 heavy (non-hydrogen) atoms. The zero-order valence-electron chi connectivity index (χ0n) is 10.9. The molecule has 0 fully saturated rings. The van der Waals surface area contributed by atoms with Gasteiger partial charge in [0, 0.05) is 17.5 Å². The molecule has 2 N–H and O–H groups in total. The molecular formula is C14H16N2O2S. The molecule has 2 rings (SSSR count). The first-order valence-corrected chi connectivity index (χ1v) is 6.92. The van der Waals surface area contributed by atoms with Crippen LogP contribution < -0.4 is 5.32 Å². The lowest BCUT2D eigenvalue weighted by Crippen LogP contribution is -2.33. The fourth-order valence-electron chi connectivity index (χ4n) is 1.56. The maximum absolute atomic E-state index is 10.7. The van der Waals surface area contributed by atoms with E-state index in [-0.39, 0.29) is 0 Å². The van der Waals surface area contributed by atoms with Crippen molar-refractivity contribution in [1.82, 2.24) is 10.3 Å². The van der Waals surface area contributed by atoms with Gasteiger partial charge in [-0.05, 0) is 13.8 Å². The minimum Gasteiger partial charge on any atom is -0.480 e. The maximum atomic E-state index is 10.7. The second-order valence-corrected chi connectivity index (χ2v) is 5.31. The predicted molar refractivity (Wildman–Crippen MR) is 76.2 cm³/mol. The third-order valence-electron chi connectivity index (χ3n) is 2.81. The number of thiazole rings is 1. The fourth-order valence-corrected chi connectivity index (χ4v) is 2.39. The van der Waals surface area contributed by atoms with Gasteiger partial charge in [-0.2, -0.15) is 0 Å². The summed E-state index contributed by atoms with van der Waals surface area (Å²) < 4.78 is 0. The van der Waals surface area contributed by atoms with Gasteiger partial charge in [0.15, 0.2) is 0 Å². The molecule has 1 heterocycles. The van der Waals surface area contributed by atoms with Crippen LogP contribution in [0.25, 0.3) is 10.6 Å². The predicted octanol–water partition coefficient (Wildman–Crippen LogP) is 2.68. The van der Waals surface area contributed by atoms with E-state index in [1.807, 2.05) is 24.4 Å². The molecule has 0 bridgehead atoms. The Morgan fingerprint density at radius 1 is 1.42 bits per heavy atom. The van der Waals surface area contributed by atoms with Gasteiger partial charge in [-0.3, -0.25) is 10.1 Å². The first-order chi connectivity index (χ1) is 9.06. The van der Waals surface area contributed by atoms with E-state index in [0.717, 1.165) is 16.3 Å². The number of aromatic nitrogens is 1. The molecule has 0 amide bonds. The number of hydrogen-bond acceptors (Lipinski definition) is 4. The van der Waals surface area contributed by atoms with Crippen LogP contribution in [0.3, 0.4) is 0 Å². The van der Waals surface area contributed by atoms with Gasteiger partial charge in [-0.1, -0.05) is 29.8 Å². The maximum Gasteiger partial charge on any atom is 0.320 e. The number of nitrogens with one attached hydrogen (secondary N) is 1. The summed E-state index contributed by atoms with van der Waals surface area (Å²) in [6, 6.07) is 7.64. The molecule has 2 aromatic rings. The van der Waals surface area contributed by atoms with E-state index in [1.54, 1.807) is 18.3 Å². The van der Waals surface area contributed by atoms with Crippen molar-refractivity contribution >= 4 is 17.3 Å². The highest BCUT2D eigenvalue weighted by Gasteiger charge is 2.11. The second kappa shape index (κ2) is 5.95. The van der Waals surface area contributed by atoms with Crippen molar-refractivity contribution in [2.45, 2.75) is 26.4 Å². The van der Waals surface area contributed by atoms with Crippen LogP contribution in [0.2, 0.25) is 0 Å². The molecule has 4 nitrogen and oxygen atoms in total. The Balaban J connectivity index is 2.03. The average molecular weight is 276 g/mol. The van der Waals surface area contributed by atoms with Crippen molar-refractivity contribution in [3.05, 3.63) is 40.9 Å². The number of carboxylic acid groups (broad SMARTS) is 1. The van der Waals surface area contributed by atoms with E-state index in [4.69, 9.17) is 5.11 Å². The topological polar surface area (TPSA) is 62.2 Å². The average Bonchev–Trinajstić information content (AvgIpc) is 2.85. The van der Waals surface area contributed by atoms with Gasteiger partial charge >= 0.3 is 5.97 Å². The van der Waals surface area contributed by atoms with Crippen molar-refractivity contribution in [3.63, 3.8) is 0 Å². The lowest BCUT2D eigenvalue weighted by atomic mass is 10.2. The van der Waals surface area contributed by atoms with Crippen molar-refractivity contribution in [3.8, 4) is 10.6 Å². The molecule has 0 spiro atoms. The first kappa shape index (κ1) is 13.7. The van der Waals surface area contributed by atoms with E-state index >= 15 is 0 Å². The van der Waals surface area contributed by atoms with E-state index < -0.39 is 12.0 Å². The van der Waals surface area contributed by atoms with Crippen molar-refractivity contribution in [2.75, 3.05) is 0 Å². The van der Waals surface area contributed by atoms with E-state index in [0.29, 0.717) is 6.54 Å². The number of nitrogens with zero attached hydrogens (tertiary/aromatic N) is 1. The Bertz CT molecular complexity index is 563. The summed E-state index contributed by atoms with van der Waals surface area (Å²) >= 11 is 1.57. The van der Waals surface area contributed by atoms with Gasteiger partial charge in [0.1, 0.15) is 11.0 Å². The quantitative estimate of drug-likeness (QED) is 0.881. The molecule has 0 aliphatic carbocycles. The minimum absolute atomic E-state index is 0.468. The SMILES string of the molecule is Cc1ccc(-c2nc(CN[C@@H](C)C(=O)O)cs2)cc1. The number of aliphatic carboxylic acids is 1. The van der Waals surface area contributed by atoms with Gasteiger partial charge in [-0.15, -0.1) is 11.3 Å². The molecule has 1 aromatic heterocycles. The molecule has 0 radical (unpaired) electrons. The summed E-state index contributed by atoms with van der Waals surface area (Å²) in [5, 5.41) is 14.6. The molecule has 1 atom stereocenters. The van der Waals surface area contributed by atoms with Crippen molar-refractivity contribution in [1.29, 1.82) is 0 Å². The summed E-state index contributed by atoms with van der Waals surface area (Å²) in [6.07, 6.45) is 0. The highest BCUT2D eigenvalue weighted by atomic mass is 32.1. The van der Waals surface area contributed by atoms with Crippen LogP contribution in [-0.4, -0.2) is 22.1 Å². The lowest BCUT2D eigenvalue weighted by Gasteiger charge is -2.06. The highest BCUT2D eigenvalue weighted by Crippen LogP contribution is 2.23. The van der Waals surface area contributed by atoms with Crippen LogP contribution in [0.1, 0.15) is 18.2 Å². The van der Waals surface area contributed by atoms with E-state index in [1.165, 1.54) is 5.56 Å². The Hall–Kier alpha value is -1.72. The van der Waals surface area contributed by atoms with Crippen LogP contribution in [0.5, 0.6) is 0 Å². The Kier molecular flexibility index (Phi) is 4.29. The number of benzene rings is 1. The van der Waals surface area contributed by atoms with Crippen molar-refractivity contribution < 1.29 is 9.90 Å². The molecule has 0 aliphatic rings. The standard InChI is InChI=1S/C14H16N2O2S/c1-9-3-5-11(6-4-9)13-16-12(8-19-13)7-15-10(2)14(17)18/h3-6,8,10,15H,7H2,1-2H3,(H,17,18)/t10-/m0/s1. The van der Waals surface area contributed by atoms with Gasteiger partial charge in [0.2, 0.25) is 0 Å². The second-order valence-electron chi connectivity index (χ2n) is 4.45. The zero-order valence-corrected chi connectivity index (χ0v) is 11.7. The molecule has 0 saturated heterocycles. The highest BCUT2D eigenvalue weighted by molar-refractivity contribution is 7.13. The number of hydrogen-bond donors (Lipinski definition) is 2.